The average Bonchev–Trinajstić information content (AvgIpc) is 2.73. The van der Waals surface area contributed by atoms with Crippen molar-refractivity contribution in [1.29, 1.82) is 0 Å². The van der Waals surface area contributed by atoms with Gasteiger partial charge in [0.1, 0.15) is 22.8 Å². The van der Waals surface area contributed by atoms with Gasteiger partial charge in [-0.25, -0.2) is 4.79 Å². The number of nitrogens with one attached hydrogen (secondary N) is 1. The Hall–Kier alpha value is -3.75. The van der Waals surface area contributed by atoms with Gasteiger partial charge in [0.15, 0.2) is 12.4 Å². The van der Waals surface area contributed by atoms with Crippen molar-refractivity contribution in [2.75, 3.05) is 37.6 Å². The maximum Gasteiger partial charge on any atom is 0.412 e. The number of hydrogen-bond donors (Lipinski definition) is 1. The van der Waals surface area contributed by atoms with Crippen molar-refractivity contribution in [2.24, 2.45) is 0 Å². The predicted octanol–water partition coefficient (Wildman–Crippen LogP) is 3.66. The normalized spacial score (nSPS) is 13.0. The lowest BCUT2D eigenvalue weighted by Gasteiger charge is -2.29. The van der Waals surface area contributed by atoms with E-state index in [1.807, 2.05) is 0 Å². The largest absolute Gasteiger partial charge is 0.497 e. The van der Waals surface area contributed by atoms with E-state index in [2.05, 4.69) is 5.32 Å². The predicted molar refractivity (Wildman–Crippen MR) is 118 cm³/mol. The molecule has 0 aromatic heterocycles. The molecule has 1 aliphatic heterocycles. The lowest BCUT2D eigenvalue weighted by molar-refractivity contribution is -0.121. The van der Waals surface area contributed by atoms with Crippen LogP contribution >= 0.6 is 0 Å². The molecule has 2 aromatic rings. The Morgan fingerprint density at radius 1 is 1.09 bits per heavy atom. The Morgan fingerprint density at radius 3 is 2.50 bits per heavy atom. The number of amides is 2. The molecule has 0 radical (unpaired) electrons. The number of rotatable bonds is 6. The van der Waals surface area contributed by atoms with Gasteiger partial charge in [-0.05, 0) is 51.1 Å². The first-order chi connectivity index (χ1) is 15.1. The first-order valence-electron chi connectivity index (χ1n) is 9.93. The number of hydrogen-bond acceptors (Lipinski definition) is 7. The monoisotopic (exact) mass is 442 g/mol. The van der Waals surface area contributed by atoms with Crippen LogP contribution in [0.4, 0.5) is 16.2 Å². The van der Waals surface area contributed by atoms with E-state index in [0.29, 0.717) is 34.2 Å². The SMILES string of the molecule is COc1ccc(C(=O)CN2C(=O)COc3ccc(NC(=O)OC(C)(C)C)cc32)c(OC)c1. The minimum absolute atomic E-state index is 0.196. The second kappa shape index (κ2) is 9.17. The summed E-state index contributed by atoms with van der Waals surface area (Å²) in [5.41, 5.74) is 0.427. The molecule has 0 unspecified atom stereocenters. The lowest BCUT2D eigenvalue weighted by atomic mass is 10.1. The van der Waals surface area contributed by atoms with Crippen LogP contribution < -0.4 is 24.4 Å². The maximum absolute atomic E-state index is 13.0. The van der Waals surface area contributed by atoms with E-state index in [4.69, 9.17) is 18.9 Å². The molecule has 0 bridgehead atoms. The third-order valence-electron chi connectivity index (χ3n) is 4.56. The standard InChI is InChI=1S/C23H26N2O7/c1-23(2,3)32-22(28)24-14-6-9-19-17(10-14)25(21(27)13-31-19)12-18(26)16-8-7-15(29-4)11-20(16)30-5/h6-11H,12-13H2,1-5H3,(H,24,28). The van der Waals surface area contributed by atoms with Gasteiger partial charge >= 0.3 is 6.09 Å². The summed E-state index contributed by atoms with van der Waals surface area (Å²) in [6.45, 7) is 4.85. The van der Waals surface area contributed by atoms with Crippen LogP contribution in [0.25, 0.3) is 0 Å². The van der Waals surface area contributed by atoms with Crippen LogP contribution in [0.1, 0.15) is 31.1 Å². The van der Waals surface area contributed by atoms with Crippen LogP contribution in [0, 0.1) is 0 Å². The van der Waals surface area contributed by atoms with Gasteiger partial charge in [-0.3, -0.25) is 19.8 Å². The second-order valence-electron chi connectivity index (χ2n) is 8.07. The van der Waals surface area contributed by atoms with Crippen molar-refractivity contribution in [3.05, 3.63) is 42.0 Å². The molecule has 3 rings (SSSR count). The highest BCUT2D eigenvalue weighted by Gasteiger charge is 2.29. The molecule has 1 aliphatic rings. The third kappa shape index (κ3) is 5.29. The number of ketones is 1. The van der Waals surface area contributed by atoms with Crippen LogP contribution in [-0.4, -0.2) is 50.8 Å². The molecule has 0 atom stereocenters. The Kier molecular flexibility index (Phi) is 6.57. The summed E-state index contributed by atoms with van der Waals surface area (Å²) in [6, 6.07) is 9.66. The van der Waals surface area contributed by atoms with Gasteiger partial charge in [0, 0.05) is 11.8 Å². The fourth-order valence-corrected chi connectivity index (χ4v) is 3.13. The van der Waals surface area contributed by atoms with Crippen molar-refractivity contribution >= 4 is 29.2 Å². The molecular weight excluding hydrogens is 416 g/mol. The van der Waals surface area contributed by atoms with Gasteiger partial charge in [0.05, 0.1) is 32.0 Å². The summed E-state index contributed by atoms with van der Waals surface area (Å²) in [5, 5.41) is 2.63. The van der Waals surface area contributed by atoms with Crippen LogP contribution in [0.5, 0.6) is 17.2 Å². The van der Waals surface area contributed by atoms with E-state index in [0.717, 1.165) is 0 Å². The molecule has 2 aromatic carbocycles. The number of carbonyl (C=O) groups excluding carboxylic acids is 3. The van der Waals surface area contributed by atoms with E-state index in [9.17, 15) is 14.4 Å². The minimum Gasteiger partial charge on any atom is -0.497 e. The quantitative estimate of drug-likeness (QED) is 0.681. The maximum atomic E-state index is 13.0. The fraction of sp³-hybridized carbons (Fsp3) is 0.348. The first-order valence-corrected chi connectivity index (χ1v) is 9.93. The van der Waals surface area contributed by atoms with Crippen molar-refractivity contribution in [2.45, 2.75) is 26.4 Å². The number of ether oxygens (including phenoxy) is 4. The fourth-order valence-electron chi connectivity index (χ4n) is 3.13. The highest BCUT2D eigenvalue weighted by molar-refractivity contribution is 6.08. The van der Waals surface area contributed by atoms with Gasteiger partial charge < -0.3 is 18.9 Å². The summed E-state index contributed by atoms with van der Waals surface area (Å²) in [6.07, 6.45) is -0.633. The molecule has 1 N–H and O–H groups in total. The van der Waals surface area contributed by atoms with Gasteiger partial charge in [-0.15, -0.1) is 0 Å². The highest BCUT2D eigenvalue weighted by atomic mass is 16.6. The van der Waals surface area contributed by atoms with Gasteiger partial charge in [-0.1, -0.05) is 0 Å². The molecule has 1 heterocycles. The smallest absolute Gasteiger partial charge is 0.412 e. The number of benzene rings is 2. The van der Waals surface area contributed by atoms with Crippen molar-refractivity contribution in [3.63, 3.8) is 0 Å². The van der Waals surface area contributed by atoms with E-state index in [1.54, 1.807) is 57.2 Å². The Labute approximate surface area is 186 Å². The van der Waals surface area contributed by atoms with Crippen molar-refractivity contribution < 1.29 is 33.3 Å². The van der Waals surface area contributed by atoms with Crippen LogP contribution in [0.3, 0.4) is 0 Å². The summed E-state index contributed by atoms with van der Waals surface area (Å²) >= 11 is 0. The Bertz CT molecular complexity index is 1040. The number of methoxy groups -OCH3 is 2. The number of nitrogens with zero attached hydrogens (tertiary/aromatic N) is 1. The molecule has 0 saturated heterocycles. The zero-order valence-corrected chi connectivity index (χ0v) is 18.7. The van der Waals surface area contributed by atoms with E-state index < -0.39 is 11.7 Å². The van der Waals surface area contributed by atoms with Gasteiger partial charge in [0.2, 0.25) is 0 Å². The highest BCUT2D eigenvalue weighted by Crippen LogP contribution is 2.35. The van der Waals surface area contributed by atoms with E-state index >= 15 is 0 Å². The lowest BCUT2D eigenvalue weighted by Crippen LogP contribution is -2.42. The van der Waals surface area contributed by atoms with Crippen LogP contribution in [-0.2, 0) is 9.53 Å². The Balaban J connectivity index is 1.85. The molecule has 0 fully saturated rings. The number of anilines is 2. The van der Waals surface area contributed by atoms with Crippen molar-refractivity contribution in [1.82, 2.24) is 0 Å². The molecule has 0 spiro atoms. The molecule has 0 saturated carbocycles. The summed E-state index contributed by atoms with van der Waals surface area (Å²) in [5.74, 6) is 0.609. The molecule has 170 valence electrons. The summed E-state index contributed by atoms with van der Waals surface area (Å²) in [4.78, 5) is 39.0. The van der Waals surface area contributed by atoms with Gasteiger partial charge in [0.25, 0.3) is 5.91 Å². The summed E-state index contributed by atoms with van der Waals surface area (Å²) < 4.78 is 21.2. The molecular formula is C23H26N2O7. The summed E-state index contributed by atoms with van der Waals surface area (Å²) in [7, 11) is 2.97. The molecule has 9 heteroatoms. The first kappa shape index (κ1) is 22.9. The van der Waals surface area contributed by atoms with Crippen LogP contribution in [0.2, 0.25) is 0 Å². The van der Waals surface area contributed by atoms with E-state index in [-0.39, 0.29) is 24.8 Å². The molecule has 2 amide bonds. The third-order valence-corrected chi connectivity index (χ3v) is 4.56. The van der Waals surface area contributed by atoms with Crippen molar-refractivity contribution in [3.8, 4) is 17.2 Å². The van der Waals surface area contributed by atoms with Gasteiger partial charge in [-0.2, -0.15) is 0 Å². The zero-order chi connectivity index (χ0) is 23.5. The number of Topliss-reactive ketones (excluding diaryl/α,β-unsaturated/α-hetero) is 1. The average molecular weight is 442 g/mol. The zero-order valence-electron chi connectivity index (χ0n) is 18.7. The Morgan fingerprint density at radius 2 is 1.84 bits per heavy atom. The minimum atomic E-state index is -0.659. The molecule has 32 heavy (non-hydrogen) atoms. The number of fused-ring (bicyclic) bond motifs is 1. The molecule has 0 aliphatic carbocycles. The molecule has 9 nitrogen and oxygen atoms in total. The van der Waals surface area contributed by atoms with E-state index in [1.165, 1.54) is 19.1 Å². The number of carbonyl (C=O) groups is 3. The van der Waals surface area contributed by atoms with Crippen LogP contribution in [0.15, 0.2) is 36.4 Å². The topological polar surface area (TPSA) is 103 Å². The second-order valence-corrected chi connectivity index (χ2v) is 8.07.